The van der Waals surface area contributed by atoms with Crippen molar-refractivity contribution in [1.29, 1.82) is 0 Å². The Hall–Kier alpha value is -1.33. The van der Waals surface area contributed by atoms with Gasteiger partial charge in [-0.3, -0.25) is 0 Å². The first-order chi connectivity index (χ1) is 10.4. The van der Waals surface area contributed by atoms with E-state index in [1.54, 1.807) is 11.8 Å². The number of rotatable bonds is 6. The average Bonchev–Trinajstić information content (AvgIpc) is 3.01. The lowest BCUT2D eigenvalue weighted by Crippen LogP contribution is -2.26. The lowest BCUT2D eigenvalue weighted by molar-refractivity contribution is 0.352. The van der Waals surface area contributed by atoms with Crippen LogP contribution in [0, 0.1) is 0 Å². The fraction of sp³-hybridized carbons (Fsp3) is 0.500. The number of benzene rings is 1. The maximum atomic E-state index is 4.68. The number of nitrogens with one attached hydrogen (secondary N) is 1. The van der Waals surface area contributed by atoms with Gasteiger partial charge in [-0.15, -0.1) is 0 Å². The number of thioether (sulfide) groups is 1. The molecule has 1 aliphatic heterocycles. The number of fused-ring (bicyclic) bond motifs is 1. The molecule has 3 rings (SSSR count). The molecule has 2 aromatic rings. The first-order valence-corrected chi connectivity index (χ1v) is 8.71. The first kappa shape index (κ1) is 14.6. The normalized spacial score (nSPS) is 15.7. The summed E-state index contributed by atoms with van der Waals surface area (Å²) in [7, 11) is 0. The van der Waals surface area contributed by atoms with Crippen LogP contribution in [0.4, 0.5) is 5.82 Å². The molecule has 2 heterocycles. The predicted molar refractivity (Wildman–Crippen MR) is 90.1 cm³/mol. The second-order valence-electron chi connectivity index (χ2n) is 5.28. The molecule has 1 aromatic heterocycles. The van der Waals surface area contributed by atoms with E-state index < -0.39 is 0 Å². The minimum Gasteiger partial charge on any atom is -0.368 e. The van der Waals surface area contributed by atoms with Gasteiger partial charge in [0.2, 0.25) is 0 Å². The van der Waals surface area contributed by atoms with Crippen LogP contribution in [0.25, 0.3) is 10.9 Å². The SMILES string of the molecule is CCSc1nc(NCCN2CCCC2)c2ccccc2n1. The van der Waals surface area contributed by atoms with Crippen LogP contribution in [-0.2, 0) is 0 Å². The smallest absolute Gasteiger partial charge is 0.190 e. The van der Waals surface area contributed by atoms with Crippen molar-refractivity contribution in [3.05, 3.63) is 24.3 Å². The highest BCUT2D eigenvalue weighted by atomic mass is 32.2. The van der Waals surface area contributed by atoms with Gasteiger partial charge in [0.15, 0.2) is 5.16 Å². The van der Waals surface area contributed by atoms with Crippen molar-refractivity contribution < 1.29 is 0 Å². The van der Waals surface area contributed by atoms with Gasteiger partial charge in [0, 0.05) is 18.5 Å². The number of hydrogen-bond acceptors (Lipinski definition) is 5. The summed E-state index contributed by atoms with van der Waals surface area (Å²) >= 11 is 1.69. The highest BCUT2D eigenvalue weighted by Crippen LogP contribution is 2.24. The Bertz CT molecular complexity index is 596. The molecule has 21 heavy (non-hydrogen) atoms. The summed E-state index contributed by atoms with van der Waals surface area (Å²) in [5.74, 6) is 1.96. The molecule has 1 N–H and O–H groups in total. The van der Waals surface area contributed by atoms with Crippen LogP contribution in [-0.4, -0.2) is 46.8 Å². The van der Waals surface area contributed by atoms with E-state index in [-0.39, 0.29) is 0 Å². The molecule has 5 heteroatoms. The largest absolute Gasteiger partial charge is 0.368 e. The fourth-order valence-electron chi connectivity index (χ4n) is 2.72. The molecule has 4 nitrogen and oxygen atoms in total. The lowest BCUT2D eigenvalue weighted by atomic mass is 10.2. The number of para-hydroxylation sites is 1. The van der Waals surface area contributed by atoms with Crippen LogP contribution >= 0.6 is 11.8 Å². The second kappa shape index (κ2) is 7.09. The summed E-state index contributed by atoms with van der Waals surface area (Å²) in [6.45, 7) is 6.64. The van der Waals surface area contributed by atoms with Gasteiger partial charge >= 0.3 is 0 Å². The molecule has 0 saturated carbocycles. The molecule has 0 bridgehead atoms. The third-order valence-corrected chi connectivity index (χ3v) is 4.50. The van der Waals surface area contributed by atoms with Gasteiger partial charge < -0.3 is 10.2 Å². The molecule has 1 saturated heterocycles. The lowest BCUT2D eigenvalue weighted by Gasteiger charge is -2.16. The average molecular weight is 302 g/mol. The van der Waals surface area contributed by atoms with Crippen LogP contribution in [0.5, 0.6) is 0 Å². The quantitative estimate of drug-likeness (QED) is 0.655. The molecule has 1 aromatic carbocycles. The molecular weight excluding hydrogens is 280 g/mol. The molecule has 1 fully saturated rings. The van der Waals surface area contributed by atoms with E-state index in [2.05, 4.69) is 39.2 Å². The summed E-state index contributed by atoms with van der Waals surface area (Å²) in [6.07, 6.45) is 2.68. The minimum atomic E-state index is 0.861. The summed E-state index contributed by atoms with van der Waals surface area (Å²) in [5, 5.41) is 5.48. The Morgan fingerprint density at radius 1 is 1.19 bits per heavy atom. The van der Waals surface area contributed by atoms with E-state index in [4.69, 9.17) is 0 Å². The molecule has 1 aliphatic rings. The van der Waals surface area contributed by atoms with Crippen LogP contribution < -0.4 is 5.32 Å². The van der Waals surface area contributed by atoms with E-state index in [1.165, 1.54) is 25.9 Å². The van der Waals surface area contributed by atoms with Crippen molar-refractivity contribution in [3.63, 3.8) is 0 Å². The molecule has 0 unspecified atom stereocenters. The van der Waals surface area contributed by atoms with Gasteiger partial charge in [-0.25, -0.2) is 9.97 Å². The van der Waals surface area contributed by atoms with Crippen LogP contribution in [0.3, 0.4) is 0 Å². The molecule has 0 aliphatic carbocycles. The summed E-state index contributed by atoms with van der Waals surface area (Å²) < 4.78 is 0. The Morgan fingerprint density at radius 2 is 2.00 bits per heavy atom. The van der Waals surface area contributed by atoms with E-state index >= 15 is 0 Å². The Morgan fingerprint density at radius 3 is 2.81 bits per heavy atom. The Balaban J connectivity index is 1.75. The molecule has 0 radical (unpaired) electrons. The zero-order valence-electron chi connectivity index (χ0n) is 12.5. The molecular formula is C16H22N4S. The van der Waals surface area contributed by atoms with Crippen molar-refractivity contribution in [2.24, 2.45) is 0 Å². The van der Waals surface area contributed by atoms with E-state index in [0.717, 1.165) is 40.7 Å². The molecule has 0 atom stereocenters. The van der Waals surface area contributed by atoms with Crippen molar-refractivity contribution >= 4 is 28.5 Å². The molecule has 112 valence electrons. The molecule has 0 amide bonds. The Labute approximate surface area is 130 Å². The van der Waals surface area contributed by atoms with Crippen molar-refractivity contribution in [2.75, 3.05) is 37.2 Å². The maximum Gasteiger partial charge on any atom is 0.190 e. The van der Waals surface area contributed by atoms with Crippen molar-refractivity contribution in [3.8, 4) is 0 Å². The van der Waals surface area contributed by atoms with Crippen LogP contribution in [0.1, 0.15) is 19.8 Å². The van der Waals surface area contributed by atoms with Gasteiger partial charge in [0.25, 0.3) is 0 Å². The number of likely N-dealkylation sites (tertiary alicyclic amines) is 1. The summed E-state index contributed by atoms with van der Waals surface area (Å²) in [4.78, 5) is 11.8. The predicted octanol–water partition coefficient (Wildman–Crippen LogP) is 3.25. The van der Waals surface area contributed by atoms with Crippen molar-refractivity contribution in [2.45, 2.75) is 24.9 Å². The maximum absolute atomic E-state index is 4.68. The topological polar surface area (TPSA) is 41.1 Å². The number of hydrogen-bond donors (Lipinski definition) is 1. The minimum absolute atomic E-state index is 0.861. The fourth-order valence-corrected chi connectivity index (χ4v) is 3.30. The standard InChI is InChI=1S/C16H22N4S/c1-2-21-16-18-14-8-4-3-7-13(14)15(19-16)17-9-12-20-10-5-6-11-20/h3-4,7-8H,2,5-6,9-12H2,1H3,(H,17,18,19). The number of aromatic nitrogens is 2. The first-order valence-electron chi connectivity index (χ1n) is 7.72. The number of anilines is 1. The zero-order valence-corrected chi connectivity index (χ0v) is 13.3. The van der Waals surface area contributed by atoms with Crippen LogP contribution in [0.15, 0.2) is 29.4 Å². The summed E-state index contributed by atoms with van der Waals surface area (Å²) in [6, 6.07) is 8.23. The molecule has 0 spiro atoms. The second-order valence-corrected chi connectivity index (χ2v) is 6.51. The third-order valence-electron chi connectivity index (χ3n) is 3.78. The van der Waals surface area contributed by atoms with Gasteiger partial charge in [0.05, 0.1) is 5.52 Å². The van der Waals surface area contributed by atoms with Crippen LogP contribution in [0.2, 0.25) is 0 Å². The highest BCUT2D eigenvalue weighted by molar-refractivity contribution is 7.99. The van der Waals surface area contributed by atoms with Crippen molar-refractivity contribution in [1.82, 2.24) is 14.9 Å². The van der Waals surface area contributed by atoms with E-state index in [1.807, 2.05) is 12.1 Å². The summed E-state index contributed by atoms with van der Waals surface area (Å²) in [5.41, 5.74) is 1.02. The van der Waals surface area contributed by atoms with Gasteiger partial charge in [-0.2, -0.15) is 0 Å². The van der Waals surface area contributed by atoms with E-state index in [9.17, 15) is 0 Å². The van der Waals surface area contributed by atoms with Gasteiger partial charge in [0.1, 0.15) is 5.82 Å². The van der Waals surface area contributed by atoms with E-state index in [0.29, 0.717) is 0 Å². The third kappa shape index (κ3) is 3.66. The Kier molecular flexibility index (Phi) is 4.93. The number of nitrogens with zero attached hydrogens (tertiary/aromatic N) is 3. The monoisotopic (exact) mass is 302 g/mol. The van der Waals surface area contributed by atoms with Gasteiger partial charge in [-0.05, 0) is 43.8 Å². The van der Waals surface area contributed by atoms with Gasteiger partial charge in [-0.1, -0.05) is 30.8 Å². The zero-order chi connectivity index (χ0) is 14.5. The highest BCUT2D eigenvalue weighted by Gasteiger charge is 2.11.